The number of amides is 1. The van der Waals surface area contributed by atoms with Crippen LogP contribution in [0, 0.1) is 29.1 Å². The van der Waals surface area contributed by atoms with Gasteiger partial charge in [-0.1, -0.05) is 6.92 Å². The average Bonchev–Trinajstić information content (AvgIpc) is 3.08. The van der Waals surface area contributed by atoms with E-state index in [0.717, 1.165) is 19.3 Å². The van der Waals surface area contributed by atoms with E-state index in [0.29, 0.717) is 29.4 Å². The Kier molecular flexibility index (Phi) is 4.64. The van der Waals surface area contributed by atoms with Gasteiger partial charge in [-0.15, -0.1) is 0 Å². The summed E-state index contributed by atoms with van der Waals surface area (Å²) in [7, 11) is 0. The summed E-state index contributed by atoms with van der Waals surface area (Å²) in [5.41, 5.74) is 0.247. The highest BCUT2D eigenvalue weighted by molar-refractivity contribution is 6.06. The second-order valence-electron chi connectivity index (χ2n) is 8.15. The van der Waals surface area contributed by atoms with E-state index in [1.54, 1.807) is 0 Å². The molecule has 0 spiro atoms. The molecule has 25 heavy (non-hydrogen) atoms. The molecule has 2 bridgehead atoms. The van der Waals surface area contributed by atoms with Gasteiger partial charge in [-0.05, 0) is 51.4 Å². The van der Waals surface area contributed by atoms with Gasteiger partial charge in [-0.3, -0.25) is 9.59 Å². The zero-order chi connectivity index (χ0) is 18.4. The molecular formula is C19H27NO5. The van der Waals surface area contributed by atoms with Gasteiger partial charge >= 0.3 is 11.9 Å². The van der Waals surface area contributed by atoms with Crippen molar-refractivity contribution in [3.05, 3.63) is 11.1 Å². The van der Waals surface area contributed by atoms with Crippen molar-refractivity contribution in [2.75, 3.05) is 13.2 Å². The van der Waals surface area contributed by atoms with Crippen molar-refractivity contribution < 1.29 is 24.2 Å². The number of hydrogen-bond donors (Lipinski definition) is 2. The van der Waals surface area contributed by atoms with Crippen LogP contribution in [0.15, 0.2) is 11.1 Å². The largest absolute Gasteiger partial charge is 0.478 e. The van der Waals surface area contributed by atoms with E-state index in [4.69, 9.17) is 4.74 Å². The Morgan fingerprint density at radius 3 is 2.32 bits per heavy atom. The van der Waals surface area contributed by atoms with E-state index in [9.17, 15) is 19.5 Å². The zero-order valence-corrected chi connectivity index (χ0v) is 15.1. The molecule has 3 aliphatic carbocycles. The molecular weight excluding hydrogens is 322 g/mol. The lowest BCUT2D eigenvalue weighted by molar-refractivity contribution is -0.154. The van der Waals surface area contributed by atoms with E-state index >= 15 is 0 Å². The number of nitrogens with one attached hydrogen (secondary N) is 1. The van der Waals surface area contributed by atoms with Gasteiger partial charge in [-0.2, -0.15) is 0 Å². The van der Waals surface area contributed by atoms with Crippen LogP contribution >= 0.6 is 0 Å². The number of ether oxygens (including phenoxy) is 1. The van der Waals surface area contributed by atoms with E-state index in [2.05, 4.69) is 5.32 Å². The Morgan fingerprint density at radius 2 is 1.76 bits per heavy atom. The fraction of sp³-hybridized carbons (Fsp3) is 0.737. The van der Waals surface area contributed by atoms with Crippen LogP contribution in [0.3, 0.4) is 0 Å². The smallest absolute Gasteiger partial charge is 0.332 e. The Bertz CT molecular complexity index is 636. The van der Waals surface area contributed by atoms with Gasteiger partial charge in [-0.25, -0.2) is 4.79 Å². The Balaban J connectivity index is 1.56. The number of carbonyl (C=O) groups excluding carboxylic acids is 2. The molecule has 2 N–H and O–H groups in total. The van der Waals surface area contributed by atoms with Gasteiger partial charge in [0.15, 0.2) is 0 Å². The standard InChI is InChI=1S/C19H27NO5/c1-4-19(2,3)18(24)25-8-7-20-16(21)14-12-10-5-6-11(9-10)13(12)15(14)17(22)23/h10-13H,4-9H2,1-3H3,(H,20,21)(H,22,23). The number of carboxylic acids is 1. The van der Waals surface area contributed by atoms with Crippen LogP contribution in [0.2, 0.25) is 0 Å². The average molecular weight is 349 g/mol. The summed E-state index contributed by atoms with van der Waals surface area (Å²) >= 11 is 0. The Hall–Kier alpha value is -1.85. The molecule has 2 saturated carbocycles. The van der Waals surface area contributed by atoms with Gasteiger partial charge < -0.3 is 15.2 Å². The maximum absolute atomic E-state index is 12.5. The monoisotopic (exact) mass is 349 g/mol. The quantitative estimate of drug-likeness (QED) is 0.543. The van der Waals surface area contributed by atoms with Crippen LogP contribution in [0.5, 0.6) is 0 Å². The van der Waals surface area contributed by atoms with Gasteiger partial charge in [0.2, 0.25) is 5.91 Å². The predicted molar refractivity (Wildman–Crippen MR) is 90.5 cm³/mol. The van der Waals surface area contributed by atoms with Crippen LogP contribution in [0.1, 0.15) is 46.5 Å². The van der Waals surface area contributed by atoms with E-state index in [1.165, 1.54) is 0 Å². The number of aliphatic carboxylic acids is 1. The maximum Gasteiger partial charge on any atom is 0.332 e. The molecule has 4 atom stereocenters. The highest BCUT2D eigenvalue weighted by atomic mass is 16.5. The molecule has 6 nitrogen and oxygen atoms in total. The van der Waals surface area contributed by atoms with Gasteiger partial charge in [0.1, 0.15) is 6.61 Å². The van der Waals surface area contributed by atoms with Gasteiger partial charge in [0.05, 0.1) is 12.0 Å². The lowest BCUT2D eigenvalue weighted by Crippen LogP contribution is -2.45. The molecule has 138 valence electrons. The third-order valence-corrected chi connectivity index (χ3v) is 6.41. The number of hydrogen-bond acceptors (Lipinski definition) is 4. The highest BCUT2D eigenvalue weighted by Gasteiger charge is 2.60. The third kappa shape index (κ3) is 2.96. The molecule has 0 radical (unpaired) electrons. The topological polar surface area (TPSA) is 92.7 Å². The molecule has 1 amide bonds. The fourth-order valence-corrected chi connectivity index (χ4v) is 4.66. The number of fused-ring (bicyclic) bond motifs is 5. The highest BCUT2D eigenvalue weighted by Crippen LogP contribution is 2.63. The van der Waals surface area contributed by atoms with Gasteiger partial charge in [0, 0.05) is 23.0 Å². The third-order valence-electron chi connectivity index (χ3n) is 6.41. The van der Waals surface area contributed by atoms with Crippen LogP contribution in [0.4, 0.5) is 0 Å². The van der Waals surface area contributed by atoms with Crippen molar-refractivity contribution in [2.45, 2.75) is 46.5 Å². The molecule has 0 aromatic heterocycles. The van der Waals surface area contributed by atoms with E-state index < -0.39 is 11.4 Å². The first-order valence-electron chi connectivity index (χ1n) is 9.20. The minimum atomic E-state index is -0.963. The number of esters is 1. The second kappa shape index (κ2) is 6.46. The zero-order valence-electron chi connectivity index (χ0n) is 15.1. The molecule has 2 fully saturated rings. The number of carbonyl (C=O) groups is 3. The molecule has 0 heterocycles. The van der Waals surface area contributed by atoms with Crippen LogP contribution in [0.25, 0.3) is 0 Å². The summed E-state index contributed by atoms with van der Waals surface area (Å²) in [5, 5.41) is 12.2. The second-order valence-corrected chi connectivity index (χ2v) is 8.15. The van der Waals surface area contributed by atoms with Crippen molar-refractivity contribution >= 4 is 17.8 Å². The van der Waals surface area contributed by atoms with Crippen LogP contribution in [-0.2, 0) is 19.1 Å². The molecule has 6 heteroatoms. The SMILES string of the molecule is CCC(C)(C)C(=O)OCCNC(=O)C1=C(C(=O)O)C2C3CCC(C3)C12. The minimum absolute atomic E-state index is 0.0696. The molecule has 0 aromatic rings. The molecule has 0 aliphatic heterocycles. The molecule has 0 aromatic carbocycles. The summed E-state index contributed by atoms with van der Waals surface area (Å²) in [5.74, 6) is -0.470. The predicted octanol–water partition coefficient (Wildman–Crippen LogP) is 2.14. The first-order chi connectivity index (χ1) is 11.8. The van der Waals surface area contributed by atoms with Crippen molar-refractivity contribution in [1.29, 1.82) is 0 Å². The van der Waals surface area contributed by atoms with Crippen molar-refractivity contribution in [3.63, 3.8) is 0 Å². The fourth-order valence-electron chi connectivity index (χ4n) is 4.66. The maximum atomic E-state index is 12.5. The summed E-state index contributed by atoms with van der Waals surface area (Å²) in [6.45, 7) is 5.87. The molecule has 3 rings (SSSR count). The van der Waals surface area contributed by atoms with E-state index in [-0.39, 0.29) is 36.9 Å². The summed E-state index contributed by atoms with van der Waals surface area (Å²) < 4.78 is 5.20. The van der Waals surface area contributed by atoms with Crippen LogP contribution < -0.4 is 5.32 Å². The van der Waals surface area contributed by atoms with Crippen LogP contribution in [-0.4, -0.2) is 36.1 Å². The van der Waals surface area contributed by atoms with E-state index in [1.807, 2.05) is 20.8 Å². The molecule has 3 aliphatic rings. The molecule has 0 saturated heterocycles. The van der Waals surface area contributed by atoms with Gasteiger partial charge in [0.25, 0.3) is 0 Å². The summed E-state index contributed by atoms with van der Waals surface area (Å²) in [6.07, 6.45) is 3.91. The lowest BCUT2D eigenvalue weighted by Gasteiger charge is -2.42. The lowest BCUT2D eigenvalue weighted by atomic mass is 9.61. The minimum Gasteiger partial charge on any atom is -0.478 e. The number of rotatable bonds is 7. The first-order valence-corrected chi connectivity index (χ1v) is 9.20. The van der Waals surface area contributed by atoms with Crippen molar-refractivity contribution in [2.24, 2.45) is 29.1 Å². The van der Waals surface area contributed by atoms with Crippen molar-refractivity contribution in [3.8, 4) is 0 Å². The summed E-state index contributed by atoms with van der Waals surface area (Å²) in [4.78, 5) is 36.0. The number of carboxylic acid groups (broad SMARTS) is 1. The first kappa shape index (κ1) is 18.0. The molecule has 4 unspecified atom stereocenters. The Morgan fingerprint density at radius 1 is 1.16 bits per heavy atom. The normalized spacial score (nSPS) is 29.9. The van der Waals surface area contributed by atoms with Crippen molar-refractivity contribution in [1.82, 2.24) is 5.32 Å². The summed E-state index contributed by atoms with van der Waals surface area (Å²) in [6, 6.07) is 0. The Labute approximate surface area is 148 Å².